The Kier molecular flexibility index (Phi) is 8.42. The van der Waals surface area contributed by atoms with E-state index in [0.717, 1.165) is 25.2 Å². The normalized spacial score (nSPS) is 25.4. The molecule has 2 N–H and O–H groups in total. The molecule has 0 unspecified atom stereocenters. The quantitative estimate of drug-likeness (QED) is 0.690. The number of unbranched alkanes of at least 4 members (excludes halogenated alkanes) is 1. The summed E-state index contributed by atoms with van der Waals surface area (Å²) >= 11 is 0. The minimum absolute atomic E-state index is 0.0752. The number of hydrogen-bond acceptors (Lipinski definition) is 2. The highest BCUT2D eigenvalue weighted by Crippen LogP contribution is 2.45. The molecular formula is C20H40O2. The first kappa shape index (κ1) is 20.0. The monoisotopic (exact) mass is 312 g/mol. The van der Waals surface area contributed by atoms with E-state index < -0.39 is 0 Å². The summed E-state index contributed by atoms with van der Waals surface area (Å²) in [7, 11) is 0. The van der Waals surface area contributed by atoms with Gasteiger partial charge in [0.25, 0.3) is 0 Å². The summed E-state index contributed by atoms with van der Waals surface area (Å²) in [5.41, 5.74) is 0.669. The van der Waals surface area contributed by atoms with Crippen LogP contribution >= 0.6 is 0 Å². The molecule has 2 rings (SSSR count). The van der Waals surface area contributed by atoms with Crippen molar-refractivity contribution in [3.63, 3.8) is 0 Å². The van der Waals surface area contributed by atoms with Crippen LogP contribution in [0.25, 0.3) is 0 Å². The third-order valence-corrected chi connectivity index (χ3v) is 5.28. The summed E-state index contributed by atoms with van der Waals surface area (Å²) in [6.07, 6.45) is 14.0. The van der Waals surface area contributed by atoms with Crippen LogP contribution in [0.5, 0.6) is 0 Å². The number of rotatable bonds is 4. The molecule has 0 aliphatic heterocycles. The second-order valence-corrected chi connectivity index (χ2v) is 9.29. The van der Waals surface area contributed by atoms with E-state index >= 15 is 0 Å². The summed E-state index contributed by atoms with van der Waals surface area (Å²) in [5, 5.41) is 18.2. The van der Waals surface area contributed by atoms with Gasteiger partial charge in [0.2, 0.25) is 0 Å². The van der Waals surface area contributed by atoms with Gasteiger partial charge < -0.3 is 10.2 Å². The average molecular weight is 313 g/mol. The van der Waals surface area contributed by atoms with Crippen molar-refractivity contribution in [1.29, 1.82) is 0 Å². The molecule has 0 aromatic heterocycles. The number of aliphatic hydroxyl groups excluding tert-OH is 2. The van der Waals surface area contributed by atoms with Gasteiger partial charge in [-0.05, 0) is 42.4 Å². The van der Waals surface area contributed by atoms with E-state index in [-0.39, 0.29) is 6.10 Å². The van der Waals surface area contributed by atoms with Gasteiger partial charge in [0.1, 0.15) is 0 Å². The van der Waals surface area contributed by atoms with Crippen molar-refractivity contribution < 1.29 is 10.2 Å². The van der Waals surface area contributed by atoms with E-state index in [1.54, 1.807) is 0 Å². The fourth-order valence-electron chi connectivity index (χ4n) is 4.81. The summed E-state index contributed by atoms with van der Waals surface area (Å²) in [6, 6.07) is 0. The summed E-state index contributed by atoms with van der Waals surface area (Å²) in [5.74, 6) is 0.996. The van der Waals surface area contributed by atoms with E-state index in [1.807, 2.05) is 0 Å². The van der Waals surface area contributed by atoms with E-state index in [2.05, 4.69) is 27.7 Å². The molecule has 0 amide bonds. The van der Waals surface area contributed by atoms with Crippen molar-refractivity contribution in [3.05, 3.63) is 0 Å². The highest BCUT2D eigenvalue weighted by Gasteiger charge is 2.37. The van der Waals surface area contributed by atoms with Gasteiger partial charge in [-0.1, -0.05) is 72.6 Å². The van der Waals surface area contributed by atoms with Crippen LogP contribution in [-0.4, -0.2) is 22.9 Å². The lowest BCUT2D eigenvalue weighted by Crippen LogP contribution is -2.36. The maximum atomic E-state index is 9.58. The molecule has 0 spiro atoms. The van der Waals surface area contributed by atoms with Crippen LogP contribution in [0.1, 0.15) is 98.3 Å². The van der Waals surface area contributed by atoms with Gasteiger partial charge in [-0.2, -0.15) is 0 Å². The third-order valence-electron chi connectivity index (χ3n) is 5.28. The number of aliphatic hydroxyl groups is 2. The van der Waals surface area contributed by atoms with Gasteiger partial charge in [-0.3, -0.25) is 0 Å². The minimum Gasteiger partial charge on any atom is -0.396 e. The Labute approximate surface area is 138 Å². The van der Waals surface area contributed by atoms with Gasteiger partial charge in [0.15, 0.2) is 0 Å². The molecule has 2 saturated carbocycles. The Morgan fingerprint density at radius 3 is 1.86 bits per heavy atom. The van der Waals surface area contributed by atoms with Crippen LogP contribution in [0.2, 0.25) is 0 Å². The lowest BCUT2D eigenvalue weighted by Gasteiger charge is -2.43. The Bertz CT molecular complexity index is 274. The third kappa shape index (κ3) is 8.53. The predicted octanol–water partition coefficient (Wildman–Crippen LogP) is 5.31. The fraction of sp³-hybridized carbons (Fsp3) is 1.00. The van der Waals surface area contributed by atoms with Gasteiger partial charge in [0.05, 0.1) is 6.10 Å². The highest BCUT2D eigenvalue weighted by molar-refractivity contribution is 4.88. The van der Waals surface area contributed by atoms with Gasteiger partial charge in [-0.15, -0.1) is 0 Å². The van der Waals surface area contributed by atoms with Gasteiger partial charge in [0, 0.05) is 6.61 Å². The van der Waals surface area contributed by atoms with Crippen molar-refractivity contribution in [3.8, 4) is 0 Å². The molecule has 132 valence electrons. The molecule has 0 heterocycles. The second-order valence-electron chi connectivity index (χ2n) is 9.29. The molecule has 0 bridgehead atoms. The first-order valence-electron chi connectivity index (χ1n) is 9.53. The van der Waals surface area contributed by atoms with Gasteiger partial charge >= 0.3 is 0 Å². The van der Waals surface area contributed by atoms with Gasteiger partial charge in [-0.25, -0.2) is 0 Å². The molecule has 0 aromatic rings. The predicted molar refractivity (Wildman–Crippen MR) is 94.9 cm³/mol. The molecule has 2 heteroatoms. The molecule has 0 saturated heterocycles. The minimum atomic E-state index is -0.0752. The van der Waals surface area contributed by atoms with Crippen molar-refractivity contribution >= 4 is 0 Å². The second kappa shape index (κ2) is 9.27. The number of hydrogen-bond donors (Lipinski definition) is 2. The first-order chi connectivity index (χ1) is 10.2. The summed E-state index contributed by atoms with van der Waals surface area (Å²) in [6.45, 7) is 9.37. The van der Waals surface area contributed by atoms with Crippen molar-refractivity contribution in [2.24, 2.45) is 16.7 Å². The molecule has 0 aromatic carbocycles. The topological polar surface area (TPSA) is 40.5 Å². The smallest absolute Gasteiger partial charge is 0.0550 e. The Morgan fingerprint density at radius 1 is 0.864 bits per heavy atom. The zero-order valence-corrected chi connectivity index (χ0v) is 15.5. The van der Waals surface area contributed by atoms with E-state index in [4.69, 9.17) is 5.11 Å². The van der Waals surface area contributed by atoms with Crippen molar-refractivity contribution in [2.45, 2.75) is 104 Å². The molecule has 2 fully saturated rings. The lowest BCUT2D eigenvalue weighted by molar-refractivity contribution is -0.000555. The molecule has 22 heavy (non-hydrogen) atoms. The Morgan fingerprint density at radius 2 is 1.41 bits per heavy atom. The standard InChI is InChI=1S/2C10H20O/c1-9(2)5-8(11)6-10(3,4)7-9;11-9-5-4-8-10-6-2-1-3-7-10/h8,11H,5-7H2,1-4H3;10-11H,1-9H2. The van der Waals surface area contributed by atoms with Crippen LogP contribution in [-0.2, 0) is 0 Å². The molecule has 0 atom stereocenters. The van der Waals surface area contributed by atoms with Crippen molar-refractivity contribution in [1.82, 2.24) is 0 Å². The lowest BCUT2D eigenvalue weighted by atomic mass is 9.64. The van der Waals surface area contributed by atoms with Crippen LogP contribution in [0.15, 0.2) is 0 Å². The SMILES string of the molecule is CC1(C)CC(O)CC(C)(C)C1.OCCCCC1CCCCC1. The fourth-order valence-corrected chi connectivity index (χ4v) is 4.81. The van der Waals surface area contributed by atoms with E-state index in [0.29, 0.717) is 17.4 Å². The highest BCUT2D eigenvalue weighted by atomic mass is 16.3. The largest absolute Gasteiger partial charge is 0.396 e. The van der Waals surface area contributed by atoms with Crippen LogP contribution in [0, 0.1) is 16.7 Å². The molecule has 2 aliphatic rings. The Balaban J connectivity index is 0.000000220. The van der Waals surface area contributed by atoms with E-state index in [9.17, 15) is 5.11 Å². The zero-order valence-electron chi connectivity index (χ0n) is 15.5. The zero-order chi connectivity index (χ0) is 16.6. The summed E-state index contributed by atoms with van der Waals surface area (Å²) < 4.78 is 0. The van der Waals surface area contributed by atoms with Crippen molar-refractivity contribution in [2.75, 3.05) is 6.61 Å². The van der Waals surface area contributed by atoms with Crippen LogP contribution in [0.4, 0.5) is 0 Å². The molecular weight excluding hydrogens is 272 g/mol. The Hall–Kier alpha value is -0.0800. The van der Waals surface area contributed by atoms with E-state index in [1.165, 1.54) is 51.4 Å². The maximum Gasteiger partial charge on any atom is 0.0550 e. The molecule has 2 aliphatic carbocycles. The maximum absolute atomic E-state index is 9.58. The van der Waals surface area contributed by atoms with Crippen LogP contribution in [0.3, 0.4) is 0 Å². The molecule has 2 nitrogen and oxygen atoms in total. The summed E-state index contributed by atoms with van der Waals surface area (Å²) in [4.78, 5) is 0. The first-order valence-corrected chi connectivity index (χ1v) is 9.53. The average Bonchev–Trinajstić information content (AvgIpc) is 2.36. The molecule has 0 radical (unpaired) electrons. The van der Waals surface area contributed by atoms with Crippen LogP contribution < -0.4 is 0 Å².